The molecule has 2 aromatic heterocycles. The van der Waals surface area contributed by atoms with Crippen molar-refractivity contribution < 1.29 is 4.79 Å². The molecule has 0 bridgehead atoms. The standard InChI is InChI=1S/C12H17N5O/c1-3-6-17-9-10(8-15-17)7-13-12(18)11-4-5-14-16(11)2/h4-5,8-9H,3,6-7H2,1-2H3,(H,13,18). The number of aromatic nitrogens is 4. The largest absolute Gasteiger partial charge is 0.347 e. The minimum Gasteiger partial charge on any atom is -0.347 e. The van der Waals surface area contributed by atoms with E-state index >= 15 is 0 Å². The first-order chi connectivity index (χ1) is 8.70. The number of amides is 1. The van der Waals surface area contributed by atoms with Gasteiger partial charge >= 0.3 is 0 Å². The fourth-order valence-corrected chi connectivity index (χ4v) is 1.72. The topological polar surface area (TPSA) is 64.7 Å². The molecule has 0 spiro atoms. The van der Waals surface area contributed by atoms with Gasteiger partial charge in [-0.3, -0.25) is 14.2 Å². The van der Waals surface area contributed by atoms with Crippen LogP contribution in [0.5, 0.6) is 0 Å². The molecule has 18 heavy (non-hydrogen) atoms. The molecule has 96 valence electrons. The maximum atomic E-state index is 11.8. The molecule has 2 rings (SSSR count). The molecule has 0 unspecified atom stereocenters. The molecule has 2 heterocycles. The molecule has 0 radical (unpaired) electrons. The van der Waals surface area contributed by atoms with Crippen molar-refractivity contribution in [1.29, 1.82) is 0 Å². The molecule has 0 saturated heterocycles. The highest BCUT2D eigenvalue weighted by Gasteiger charge is 2.09. The summed E-state index contributed by atoms with van der Waals surface area (Å²) in [6.07, 6.45) is 6.38. The van der Waals surface area contributed by atoms with Crippen molar-refractivity contribution in [1.82, 2.24) is 24.9 Å². The predicted octanol–water partition coefficient (Wildman–Crippen LogP) is 0.957. The molecule has 2 aromatic rings. The summed E-state index contributed by atoms with van der Waals surface area (Å²) < 4.78 is 3.43. The molecule has 1 N–H and O–H groups in total. The van der Waals surface area contributed by atoms with Gasteiger partial charge in [-0.25, -0.2) is 0 Å². The van der Waals surface area contributed by atoms with Crippen molar-refractivity contribution in [3.8, 4) is 0 Å². The van der Waals surface area contributed by atoms with Crippen LogP contribution in [0.3, 0.4) is 0 Å². The quantitative estimate of drug-likeness (QED) is 0.855. The molecule has 1 amide bonds. The van der Waals surface area contributed by atoms with Crippen LogP contribution >= 0.6 is 0 Å². The van der Waals surface area contributed by atoms with E-state index in [-0.39, 0.29) is 5.91 Å². The molecule has 0 atom stereocenters. The van der Waals surface area contributed by atoms with Crippen LogP contribution in [-0.2, 0) is 20.1 Å². The highest BCUT2D eigenvalue weighted by Crippen LogP contribution is 2.00. The van der Waals surface area contributed by atoms with E-state index in [1.165, 1.54) is 0 Å². The van der Waals surface area contributed by atoms with Crippen LogP contribution in [0.15, 0.2) is 24.7 Å². The first-order valence-electron chi connectivity index (χ1n) is 5.98. The number of carbonyl (C=O) groups is 1. The van der Waals surface area contributed by atoms with Gasteiger partial charge in [0.25, 0.3) is 5.91 Å². The Morgan fingerprint density at radius 2 is 2.28 bits per heavy atom. The van der Waals surface area contributed by atoms with Gasteiger partial charge in [0.15, 0.2) is 0 Å². The summed E-state index contributed by atoms with van der Waals surface area (Å²) in [6.45, 7) is 3.48. The third kappa shape index (κ3) is 2.77. The summed E-state index contributed by atoms with van der Waals surface area (Å²) in [7, 11) is 1.74. The van der Waals surface area contributed by atoms with E-state index in [1.54, 1.807) is 30.2 Å². The molecule has 0 aromatic carbocycles. The second-order valence-electron chi connectivity index (χ2n) is 4.13. The summed E-state index contributed by atoms with van der Waals surface area (Å²) in [5, 5.41) is 11.0. The van der Waals surface area contributed by atoms with Crippen molar-refractivity contribution in [3.63, 3.8) is 0 Å². The van der Waals surface area contributed by atoms with Crippen LogP contribution in [0.4, 0.5) is 0 Å². The Morgan fingerprint density at radius 3 is 2.94 bits per heavy atom. The van der Waals surface area contributed by atoms with Gasteiger partial charge < -0.3 is 5.32 Å². The van der Waals surface area contributed by atoms with Crippen LogP contribution in [-0.4, -0.2) is 25.5 Å². The lowest BCUT2D eigenvalue weighted by Crippen LogP contribution is -2.24. The molecule has 0 aliphatic rings. The average Bonchev–Trinajstić information content (AvgIpc) is 2.96. The summed E-state index contributed by atoms with van der Waals surface area (Å²) in [6, 6.07) is 1.69. The fourth-order valence-electron chi connectivity index (χ4n) is 1.72. The van der Waals surface area contributed by atoms with Crippen LogP contribution in [0, 0.1) is 0 Å². The fraction of sp³-hybridized carbons (Fsp3) is 0.417. The first-order valence-corrected chi connectivity index (χ1v) is 5.98. The molecular formula is C12H17N5O. The Bertz CT molecular complexity index is 528. The highest BCUT2D eigenvalue weighted by atomic mass is 16.2. The van der Waals surface area contributed by atoms with Gasteiger partial charge in [0, 0.05) is 38.1 Å². The first kappa shape index (κ1) is 12.3. The zero-order chi connectivity index (χ0) is 13.0. The zero-order valence-corrected chi connectivity index (χ0v) is 10.6. The normalized spacial score (nSPS) is 10.6. The van der Waals surface area contributed by atoms with E-state index in [2.05, 4.69) is 22.4 Å². The summed E-state index contributed by atoms with van der Waals surface area (Å²) in [5.41, 5.74) is 1.55. The zero-order valence-electron chi connectivity index (χ0n) is 10.6. The van der Waals surface area contributed by atoms with Crippen molar-refractivity contribution >= 4 is 5.91 Å². The van der Waals surface area contributed by atoms with Crippen LogP contribution < -0.4 is 5.32 Å². The number of hydrogen-bond acceptors (Lipinski definition) is 3. The molecule has 0 saturated carbocycles. The predicted molar refractivity (Wildman–Crippen MR) is 66.9 cm³/mol. The molecular weight excluding hydrogens is 230 g/mol. The summed E-state index contributed by atoms with van der Waals surface area (Å²) in [5.74, 6) is -0.127. The molecule has 6 nitrogen and oxygen atoms in total. The van der Waals surface area contributed by atoms with Crippen molar-refractivity contribution in [3.05, 3.63) is 35.9 Å². The van der Waals surface area contributed by atoms with E-state index in [0.29, 0.717) is 12.2 Å². The van der Waals surface area contributed by atoms with Gasteiger partial charge in [-0.1, -0.05) is 6.92 Å². The number of rotatable bonds is 5. The Morgan fingerprint density at radius 1 is 1.44 bits per heavy atom. The summed E-state index contributed by atoms with van der Waals surface area (Å²) >= 11 is 0. The minimum absolute atomic E-state index is 0.127. The lowest BCUT2D eigenvalue weighted by Gasteiger charge is -2.03. The second-order valence-corrected chi connectivity index (χ2v) is 4.13. The number of nitrogens with one attached hydrogen (secondary N) is 1. The third-order valence-corrected chi connectivity index (χ3v) is 2.65. The van der Waals surface area contributed by atoms with Crippen molar-refractivity contribution in [2.24, 2.45) is 7.05 Å². The van der Waals surface area contributed by atoms with Gasteiger partial charge in [-0.15, -0.1) is 0 Å². The third-order valence-electron chi connectivity index (χ3n) is 2.65. The number of aryl methyl sites for hydroxylation is 2. The van der Waals surface area contributed by atoms with E-state index in [0.717, 1.165) is 18.5 Å². The van der Waals surface area contributed by atoms with Gasteiger partial charge in [-0.2, -0.15) is 10.2 Å². The highest BCUT2D eigenvalue weighted by molar-refractivity contribution is 5.92. The maximum Gasteiger partial charge on any atom is 0.269 e. The monoisotopic (exact) mass is 247 g/mol. The molecule has 0 fully saturated rings. The maximum absolute atomic E-state index is 11.8. The van der Waals surface area contributed by atoms with Crippen LogP contribution in [0.1, 0.15) is 29.4 Å². The Hall–Kier alpha value is -2.11. The second kappa shape index (κ2) is 5.48. The minimum atomic E-state index is -0.127. The van der Waals surface area contributed by atoms with Gasteiger partial charge in [0.2, 0.25) is 0 Å². The lowest BCUT2D eigenvalue weighted by atomic mass is 10.3. The lowest BCUT2D eigenvalue weighted by molar-refractivity contribution is 0.0941. The SMILES string of the molecule is CCCn1cc(CNC(=O)c2ccnn2C)cn1. The van der Waals surface area contributed by atoms with E-state index in [4.69, 9.17) is 0 Å². The van der Waals surface area contributed by atoms with Crippen molar-refractivity contribution in [2.75, 3.05) is 0 Å². The van der Waals surface area contributed by atoms with Gasteiger partial charge in [0.1, 0.15) is 5.69 Å². The summed E-state index contributed by atoms with van der Waals surface area (Å²) in [4.78, 5) is 11.8. The Balaban J connectivity index is 1.91. The van der Waals surface area contributed by atoms with Gasteiger partial charge in [-0.05, 0) is 12.5 Å². The Labute approximate surface area is 106 Å². The van der Waals surface area contributed by atoms with Crippen LogP contribution in [0.2, 0.25) is 0 Å². The van der Waals surface area contributed by atoms with E-state index < -0.39 is 0 Å². The average molecular weight is 247 g/mol. The molecule has 0 aliphatic carbocycles. The van der Waals surface area contributed by atoms with Crippen molar-refractivity contribution in [2.45, 2.75) is 26.4 Å². The van der Waals surface area contributed by atoms with E-state index in [9.17, 15) is 4.79 Å². The molecule has 0 aliphatic heterocycles. The molecule has 6 heteroatoms. The van der Waals surface area contributed by atoms with Gasteiger partial charge in [0.05, 0.1) is 6.20 Å². The number of nitrogens with zero attached hydrogens (tertiary/aromatic N) is 4. The van der Waals surface area contributed by atoms with Crippen LogP contribution in [0.25, 0.3) is 0 Å². The Kier molecular flexibility index (Phi) is 3.76. The number of carbonyl (C=O) groups excluding carboxylic acids is 1. The number of hydrogen-bond donors (Lipinski definition) is 1. The van der Waals surface area contributed by atoms with E-state index in [1.807, 2.05) is 10.9 Å². The smallest absolute Gasteiger partial charge is 0.269 e.